The Kier molecular flexibility index (Phi) is 4.50. The van der Waals surface area contributed by atoms with Gasteiger partial charge in [0.2, 0.25) is 9.76 Å². The molecule has 1 aliphatic rings. The van der Waals surface area contributed by atoms with Gasteiger partial charge in [-0.2, -0.15) is 0 Å². The average Bonchev–Trinajstić information content (AvgIpc) is 2.65. The second-order valence-electron chi connectivity index (χ2n) is 4.68. The molecule has 0 unspecified atom stereocenters. The second kappa shape index (κ2) is 6.12. The van der Waals surface area contributed by atoms with Gasteiger partial charge in [-0.05, 0) is 44.4 Å². The van der Waals surface area contributed by atoms with Crippen molar-refractivity contribution in [2.45, 2.75) is 38.8 Å². The number of rotatable bonds is 6. The van der Waals surface area contributed by atoms with E-state index in [2.05, 4.69) is 4.74 Å². The lowest BCUT2D eigenvalue weighted by molar-refractivity contribution is 0.0443. The number of ether oxygens (including phenoxy) is 1. The normalized spacial score (nSPS) is 13.8. The quantitative estimate of drug-likeness (QED) is 0.346. The first-order valence-electron chi connectivity index (χ1n) is 6.36. The van der Waals surface area contributed by atoms with Crippen LogP contribution in [0.1, 0.15) is 46.5 Å². The van der Waals surface area contributed by atoms with Crippen LogP contribution in [-0.2, 0) is 15.6 Å². The molecular weight excluding hydrogens is 260 g/mol. The number of benzene rings is 1. The first-order valence-corrected chi connectivity index (χ1v) is 7.48. The highest BCUT2D eigenvalue weighted by molar-refractivity contribution is 6.27. The molecule has 2 radical (unpaired) electrons. The number of cyclic esters (lactones) is 2. The highest BCUT2D eigenvalue weighted by atomic mass is 28.2. The Balaban J connectivity index is 1.95. The zero-order valence-corrected chi connectivity index (χ0v) is 12.1. The van der Waals surface area contributed by atoms with Crippen LogP contribution < -0.4 is 0 Å². The minimum Gasteiger partial charge on any atom is -0.415 e. The zero-order chi connectivity index (χ0) is 13.8. The zero-order valence-electron chi connectivity index (χ0n) is 11.1. The van der Waals surface area contributed by atoms with Crippen molar-refractivity contribution < 1.29 is 18.8 Å². The molecule has 0 amide bonds. The van der Waals surface area contributed by atoms with Crippen LogP contribution in [0.3, 0.4) is 0 Å². The van der Waals surface area contributed by atoms with Gasteiger partial charge in [0.25, 0.3) is 0 Å². The number of carbonyl (C=O) groups excluding carboxylic acids is 2. The number of carbonyl (C=O) groups is 2. The molecule has 1 aromatic rings. The van der Waals surface area contributed by atoms with E-state index in [1.165, 1.54) is 0 Å². The summed E-state index contributed by atoms with van der Waals surface area (Å²) >= 11 is 0. The number of hydrogen-bond acceptors (Lipinski definition) is 4. The van der Waals surface area contributed by atoms with Crippen LogP contribution in [0.2, 0.25) is 6.04 Å². The summed E-state index contributed by atoms with van der Waals surface area (Å²) < 4.78 is 10.1. The Hall–Kier alpha value is -1.46. The summed E-state index contributed by atoms with van der Waals surface area (Å²) in [6, 6.07) is 6.27. The summed E-state index contributed by atoms with van der Waals surface area (Å²) in [5, 5.41) is 0. The minimum atomic E-state index is -0.535. The van der Waals surface area contributed by atoms with E-state index >= 15 is 0 Å². The predicted molar refractivity (Wildman–Crippen MR) is 71.3 cm³/mol. The maximum absolute atomic E-state index is 11.6. The van der Waals surface area contributed by atoms with E-state index in [0.29, 0.717) is 20.9 Å². The summed E-state index contributed by atoms with van der Waals surface area (Å²) in [6.07, 6.45) is 1.95. The van der Waals surface area contributed by atoms with Gasteiger partial charge in [-0.15, -0.1) is 0 Å². The van der Waals surface area contributed by atoms with E-state index in [1.54, 1.807) is 12.1 Å². The first-order chi connectivity index (χ1) is 9.09. The number of esters is 2. The predicted octanol–water partition coefficient (Wildman–Crippen LogP) is 2.39. The SMILES string of the molecule is CC(C)O[Si]CCCc1cccc2c1C(=O)OC2=O. The van der Waals surface area contributed by atoms with Gasteiger partial charge in [0.1, 0.15) is 0 Å². The van der Waals surface area contributed by atoms with Gasteiger partial charge in [-0.1, -0.05) is 12.1 Å². The molecule has 4 nitrogen and oxygen atoms in total. The molecule has 0 aromatic heterocycles. The summed E-state index contributed by atoms with van der Waals surface area (Å²) in [7, 11) is 0.480. The third-order valence-corrected chi connectivity index (χ3v) is 4.00. The lowest BCUT2D eigenvalue weighted by Crippen LogP contribution is -2.07. The van der Waals surface area contributed by atoms with Gasteiger partial charge < -0.3 is 9.16 Å². The molecule has 0 saturated carbocycles. The van der Waals surface area contributed by atoms with Crippen molar-refractivity contribution in [2.24, 2.45) is 0 Å². The van der Waals surface area contributed by atoms with Crippen molar-refractivity contribution in [2.75, 3.05) is 0 Å². The number of aryl methyl sites for hydroxylation is 1. The molecule has 2 rings (SSSR count). The monoisotopic (exact) mass is 276 g/mol. The van der Waals surface area contributed by atoms with Crippen molar-refractivity contribution >= 4 is 21.7 Å². The van der Waals surface area contributed by atoms with Gasteiger partial charge in [-0.25, -0.2) is 9.59 Å². The highest BCUT2D eigenvalue weighted by Crippen LogP contribution is 2.24. The molecule has 19 heavy (non-hydrogen) atoms. The van der Waals surface area contributed by atoms with E-state index in [1.807, 2.05) is 19.9 Å². The lowest BCUT2D eigenvalue weighted by Gasteiger charge is -2.07. The molecule has 1 heterocycles. The van der Waals surface area contributed by atoms with Gasteiger partial charge in [-0.3, -0.25) is 0 Å². The maximum Gasteiger partial charge on any atom is 0.347 e. The molecule has 0 atom stereocenters. The summed E-state index contributed by atoms with van der Waals surface area (Å²) in [5.74, 6) is -1.05. The Morgan fingerprint density at radius 2 is 2.05 bits per heavy atom. The highest BCUT2D eigenvalue weighted by Gasteiger charge is 2.31. The summed E-state index contributed by atoms with van der Waals surface area (Å²) in [6.45, 7) is 4.03. The molecule has 0 bridgehead atoms. The van der Waals surface area contributed by atoms with E-state index < -0.39 is 11.9 Å². The van der Waals surface area contributed by atoms with Crippen molar-refractivity contribution in [3.63, 3.8) is 0 Å². The smallest absolute Gasteiger partial charge is 0.347 e. The van der Waals surface area contributed by atoms with Crippen molar-refractivity contribution in [3.05, 3.63) is 34.9 Å². The maximum atomic E-state index is 11.6. The molecule has 0 N–H and O–H groups in total. The second-order valence-corrected chi connectivity index (χ2v) is 5.71. The Morgan fingerprint density at radius 3 is 2.79 bits per heavy atom. The van der Waals surface area contributed by atoms with E-state index in [0.717, 1.165) is 24.4 Å². The van der Waals surface area contributed by atoms with E-state index in [4.69, 9.17) is 4.43 Å². The van der Waals surface area contributed by atoms with Crippen molar-refractivity contribution in [1.29, 1.82) is 0 Å². The van der Waals surface area contributed by atoms with Crippen LogP contribution in [0.15, 0.2) is 18.2 Å². The number of hydrogen-bond donors (Lipinski definition) is 0. The van der Waals surface area contributed by atoms with Gasteiger partial charge >= 0.3 is 11.9 Å². The molecule has 1 aromatic carbocycles. The van der Waals surface area contributed by atoms with Gasteiger partial charge in [0.05, 0.1) is 11.1 Å². The van der Waals surface area contributed by atoms with Gasteiger partial charge in [0.15, 0.2) is 0 Å². The van der Waals surface area contributed by atoms with Crippen LogP contribution in [0, 0.1) is 0 Å². The minimum absolute atomic E-state index is 0.256. The third kappa shape index (κ3) is 3.30. The summed E-state index contributed by atoms with van der Waals surface area (Å²) in [4.78, 5) is 23.0. The van der Waals surface area contributed by atoms with Crippen LogP contribution in [0.4, 0.5) is 0 Å². The van der Waals surface area contributed by atoms with E-state index in [-0.39, 0.29) is 6.10 Å². The fourth-order valence-corrected chi connectivity index (χ4v) is 2.76. The Labute approximate surface area is 115 Å². The molecule has 0 spiro atoms. The largest absolute Gasteiger partial charge is 0.415 e. The van der Waals surface area contributed by atoms with E-state index in [9.17, 15) is 9.59 Å². The molecule has 0 saturated heterocycles. The standard InChI is InChI=1S/C14H16O4Si/c1-9(2)18-19-8-4-6-10-5-3-7-11-12(10)14(16)17-13(11)15/h3,5,7,9H,4,6,8H2,1-2H3. The molecule has 100 valence electrons. The fraction of sp³-hybridized carbons (Fsp3) is 0.429. The molecular formula is C14H16O4Si. The summed E-state index contributed by atoms with van der Waals surface area (Å²) in [5.41, 5.74) is 1.73. The molecule has 0 aliphatic carbocycles. The third-order valence-electron chi connectivity index (χ3n) is 2.80. The lowest BCUT2D eigenvalue weighted by atomic mass is 9.99. The first kappa shape index (κ1) is 14.0. The van der Waals surface area contributed by atoms with Crippen LogP contribution >= 0.6 is 0 Å². The van der Waals surface area contributed by atoms with Crippen molar-refractivity contribution in [3.8, 4) is 0 Å². The van der Waals surface area contributed by atoms with Crippen LogP contribution in [0.25, 0.3) is 0 Å². The number of fused-ring (bicyclic) bond motifs is 1. The fourth-order valence-electron chi connectivity index (χ4n) is 1.99. The van der Waals surface area contributed by atoms with Crippen LogP contribution in [-0.4, -0.2) is 27.8 Å². The molecule has 1 aliphatic heterocycles. The Morgan fingerprint density at radius 1 is 1.26 bits per heavy atom. The topological polar surface area (TPSA) is 52.6 Å². The molecule has 0 fully saturated rings. The Bertz CT molecular complexity index is 496. The van der Waals surface area contributed by atoms with Crippen LogP contribution in [0.5, 0.6) is 0 Å². The van der Waals surface area contributed by atoms with Gasteiger partial charge in [0, 0.05) is 6.10 Å². The average molecular weight is 276 g/mol. The molecule has 5 heteroatoms. The van der Waals surface area contributed by atoms with Crippen molar-refractivity contribution in [1.82, 2.24) is 0 Å².